The van der Waals surface area contributed by atoms with Gasteiger partial charge in [0.25, 0.3) is 0 Å². The second kappa shape index (κ2) is 9.56. The number of carbonyl (C=O) groups is 3. The molecule has 7 heteroatoms. The van der Waals surface area contributed by atoms with Crippen LogP contribution in [0, 0.1) is 17.3 Å². The largest absolute Gasteiger partial charge is 0.444 e. The molecule has 30 heavy (non-hydrogen) atoms. The van der Waals surface area contributed by atoms with Crippen molar-refractivity contribution in [3.8, 4) is 0 Å². The minimum atomic E-state index is -0.553. The van der Waals surface area contributed by atoms with Gasteiger partial charge in [0.1, 0.15) is 5.60 Å². The fourth-order valence-electron chi connectivity index (χ4n) is 4.41. The van der Waals surface area contributed by atoms with Crippen LogP contribution in [0.1, 0.15) is 74.1 Å². The van der Waals surface area contributed by atoms with Gasteiger partial charge in [-0.3, -0.25) is 9.59 Å². The normalized spacial score (nSPS) is 25.6. The maximum absolute atomic E-state index is 13.4. The molecule has 3 amide bonds. The Hall–Kier alpha value is -1.79. The minimum Gasteiger partial charge on any atom is -0.444 e. The van der Waals surface area contributed by atoms with Crippen LogP contribution >= 0.6 is 0 Å². The topological polar surface area (TPSA) is 79.0 Å². The minimum absolute atomic E-state index is 0.0486. The first kappa shape index (κ1) is 24.5. The predicted molar refractivity (Wildman–Crippen MR) is 117 cm³/mol. The van der Waals surface area contributed by atoms with Crippen LogP contribution in [0.25, 0.3) is 0 Å². The molecule has 0 spiro atoms. The molecule has 0 radical (unpaired) electrons. The Labute approximate surface area is 181 Å². The molecule has 7 nitrogen and oxygen atoms in total. The number of hydrogen-bond donors (Lipinski definition) is 1. The maximum atomic E-state index is 13.4. The van der Waals surface area contributed by atoms with Crippen LogP contribution in [-0.4, -0.2) is 65.5 Å². The summed E-state index contributed by atoms with van der Waals surface area (Å²) in [7, 11) is 0. The fraction of sp³-hybridized carbons (Fsp3) is 0.870. The number of nitrogens with one attached hydrogen (secondary N) is 1. The molecule has 0 aliphatic carbocycles. The molecule has 2 rings (SSSR count). The SMILES string of the molecule is C[C@@H]1CCCN(C(=O)[C@H]2CCCN(C(=O)C(C)(C)C)C2)[C@@H]1CNC(=O)OC(C)(C)C. The van der Waals surface area contributed by atoms with Crippen LogP contribution < -0.4 is 5.32 Å². The molecule has 2 fully saturated rings. The summed E-state index contributed by atoms with van der Waals surface area (Å²) in [6, 6.07) is -0.0486. The molecule has 2 heterocycles. The Morgan fingerprint density at radius 2 is 1.63 bits per heavy atom. The molecule has 0 bridgehead atoms. The van der Waals surface area contributed by atoms with Gasteiger partial charge in [0, 0.05) is 31.6 Å². The van der Waals surface area contributed by atoms with E-state index in [1.54, 1.807) is 0 Å². The van der Waals surface area contributed by atoms with Crippen molar-refractivity contribution < 1.29 is 19.1 Å². The highest BCUT2D eigenvalue weighted by Crippen LogP contribution is 2.29. The van der Waals surface area contributed by atoms with Crippen molar-refractivity contribution >= 4 is 17.9 Å². The van der Waals surface area contributed by atoms with Gasteiger partial charge < -0.3 is 19.9 Å². The van der Waals surface area contributed by atoms with Gasteiger partial charge in [-0.05, 0) is 52.4 Å². The summed E-state index contributed by atoms with van der Waals surface area (Å²) < 4.78 is 5.35. The Morgan fingerprint density at radius 3 is 2.23 bits per heavy atom. The van der Waals surface area contributed by atoms with Crippen molar-refractivity contribution in [3.05, 3.63) is 0 Å². The second-order valence-corrected chi connectivity index (χ2v) is 10.9. The van der Waals surface area contributed by atoms with E-state index in [9.17, 15) is 14.4 Å². The summed E-state index contributed by atoms with van der Waals surface area (Å²) >= 11 is 0. The monoisotopic (exact) mass is 423 g/mol. The Balaban J connectivity index is 2.04. The molecule has 0 aromatic rings. The lowest BCUT2D eigenvalue weighted by Crippen LogP contribution is -2.57. The van der Waals surface area contributed by atoms with Gasteiger partial charge in [-0.25, -0.2) is 4.79 Å². The first-order valence-corrected chi connectivity index (χ1v) is 11.4. The van der Waals surface area contributed by atoms with Crippen LogP contribution in [0.15, 0.2) is 0 Å². The molecule has 1 N–H and O–H groups in total. The van der Waals surface area contributed by atoms with Crippen molar-refractivity contribution in [3.63, 3.8) is 0 Å². The number of carbonyl (C=O) groups excluding carboxylic acids is 3. The fourth-order valence-corrected chi connectivity index (χ4v) is 4.41. The summed E-state index contributed by atoms with van der Waals surface area (Å²) in [6.07, 6.45) is 3.20. The summed E-state index contributed by atoms with van der Waals surface area (Å²) in [5.74, 6) is 0.354. The number of rotatable bonds is 3. The Morgan fingerprint density at radius 1 is 1.00 bits per heavy atom. The van der Waals surface area contributed by atoms with Crippen LogP contribution in [0.2, 0.25) is 0 Å². The number of hydrogen-bond acceptors (Lipinski definition) is 4. The molecule has 0 saturated carbocycles. The van der Waals surface area contributed by atoms with E-state index in [1.165, 1.54) is 0 Å². The Kier molecular flexibility index (Phi) is 7.80. The third-order valence-electron chi connectivity index (χ3n) is 5.95. The summed E-state index contributed by atoms with van der Waals surface area (Å²) in [5.41, 5.74) is -0.993. The van der Waals surface area contributed by atoms with Crippen LogP contribution in [0.5, 0.6) is 0 Å². The van der Waals surface area contributed by atoms with Gasteiger partial charge in [-0.2, -0.15) is 0 Å². The molecular weight excluding hydrogens is 382 g/mol. The summed E-state index contributed by atoms with van der Waals surface area (Å²) in [4.78, 5) is 42.1. The number of ether oxygens (including phenoxy) is 1. The van der Waals surface area contributed by atoms with Crippen LogP contribution in [-0.2, 0) is 14.3 Å². The zero-order chi connectivity index (χ0) is 22.7. The highest BCUT2D eigenvalue weighted by Gasteiger charge is 2.39. The van der Waals surface area contributed by atoms with E-state index in [0.717, 1.165) is 32.2 Å². The Bertz CT molecular complexity index is 635. The molecule has 3 atom stereocenters. The second-order valence-electron chi connectivity index (χ2n) is 10.9. The van der Waals surface area contributed by atoms with Crippen molar-refractivity contribution in [2.75, 3.05) is 26.2 Å². The molecule has 0 unspecified atom stereocenters. The highest BCUT2D eigenvalue weighted by molar-refractivity contribution is 5.84. The van der Waals surface area contributed by atoms with E-state index in [0.29, 0.717) is 25.6 Å². The predicted octanol–water partition coefficient (Wildman–Crippen LogP) is 3.42. The third-order valence-corrected chi connectivity index (χ3v) is 5.95. The molecule has 2 saturated heterocycles. The van der Waals surface area contributed by atoms with Gasteiger partial charge in [0.2, 0.25) is 11.8 Å². The van der Waals surface area contributed by atoms with Crippen molar-refractivity contribution in [1.82, 2.24) is 15.1 Å². The van der Waals surface area contributed by atoms with Gasteiger partial charge in [-0.1, -0.05) is 27.7 Å². The third kappa shape index (κ3) is 6.61. The number of nitrogens with zero attached hydrogens (tertiary/aromatic N) is 2. The van der Waals surface area contributed by atoms with Crippen molar-refractivity contribution in [2.45, 2.75) is 85.8 Å². The average molecular weight is 424 g/mol. The zero-order valence-corrected chi connectivity index (χ0v) is 19.9. The molecule has 0 aromatic heterocycles. The van der Waals surface area contributed by atoms with Gasteiger partial charge in [0.15, 0.2) is 0 Å². The molecular formula is C23H41N3O4. The number of likely N-dealkylation sites (tertiary alicyclic amines) is 2. The van der Waals surface area contributed by atoms with Gasteiger partial charge >= 0.3 is 6.09 Å². The lowest BCUT2D eigenvalue weighted by molar-refractivity contribution is -0.147. The van der Waals surface area contributed by atoms with E-state index in [4.69, 9.17) is 4.74 Å². The summed E-state index contributed by atoms with van der Waals surface area (Å²) in [5, 5.41) is 2.85. The standard InChI is InChI=1S/C23H41N3O4/c1-16-10-8-13-26(18(16)14-24-21(29)30-23(5,6)7)19(27)17-11-9-12-25(15-17)20(28)22(2,3)4/h16-18H,8-15H2,1-7H3,(H,24,29)/t16-,17+,18-/m1/s1. The number of alkyl carbamates (subject to hydrolysis) is 1. The first-order valence-electron chi connectivity index (χ1n) is 11.4. The first-order chi connectivity index (χ1) is 13.8. The molecule has 2 aliphatic heterocycles. The quantitative estimate of drug-likeness (QED) is 0.754. The molecule has 172 valence electrons. The molecule has 0 aromatic carbocycles. The van der Waals surface area contributed by atoms with E-state index in [-0.39, 0.29) is 23.8 Å². The lowest BCUT2D eigenvalue weighted by atomic mass is 9.87. The zero-order valence-electron chi connectivity index (χ0n) is 19.9. The van der Waals surface area contributed by atoms with E-state index < -0.39 is 17.1 Å². The van der Waals surface area contributed by atoms with E-state index in [2.05, 4.69) is 12.2 Å². The number of piperidine rings is 2. The van der Waals surface area contributed by atoms with Crippen molar-refractivity contribution in [1.29, 1.82) is 0 Å². The van der Waals surface area contributed by atoms with Crippen molar-refractivity contribution in [2.24, 2.45) is 17.3 Å². The molecule has 2 aliphatic rings. The maximum Gasteiger partial charge on any atom is 0.407 e. The number of amides is 3. The summed E-state index contributed by atoms with van der Waals surface area (Å²) in [6.45, 7) is 15.7. The highest BCUT2D eigenvalue weighted by atomic mass is 16.6. The van der Waals surface area contributed by atoms with E-state index >= 15 is 0 Å². The smallest absolute Gasteiger partial charge is 0.407 e. The van der Waals surface area contributed by atoms with Gasteiger partial charge in [0.05, 0.1) is 12.0 Å². The lowest BCUT2D eigenvalue weighted by Gasteiger charge is -2.43. The average Bonchev–Trinajstić information content (AvgIpc) is 2.63. The van der Waals surface area contributed by atoms with Crippen LogP contribution in [0.3, 0.4) is 0 Å². The van der Waals surface area contributed by atoms with Gasteiger partial charge in [-0.15, -0.1) is 0 Å². The van der Waals surface area contributed by atoms with E-state index in [1.807, 2.05) is 51.3 Å². The van der Waals surface area contributed by atoms with Crippen LogP contribution in [0.4, 0.5) is 4.79 Å².